The van der Waals surface area contributed by atoms with Crippen molar-refractivity contribution in [3.8, 4) is 0 Å². The molecule has 0 radical (unpaired) electrons. The molecule has 0 saturated carbocycles. The molecule has 1 atom stereocenters. The topological polar surface area (TPSA) is 64.4 Å². The normalized spacial score (nSPS) is 12.9. The van der Waals surface area contributed by atoms with Crippen LogP contribution in [0.25, 0.3) is 10.9 Å². The lowest BCUT2D eigenvalue weighted by Gasteiger charge is -2.33. The molecule has 0 saturated heterocycles. The van der Waals surface area contributed by atoms with Gasteiger partial charge in [0.15, 0.2) is 5.16 Å². The smallest absolute Gasteiger partial charge is 0.262 e. The minimum Gasteiger partial charge on any atom is -0.379 e. The highest BCUT2D eigenvalue weighted by atomic mass is 35.5. The van der Waals surface area contributed by atoms with E-state index in [4.69, 9.17) is 21.3 Å². The predicted molar refractivity (Wildman–Crippen MR) is 129 cm³/mol. The number of ether oxygens (including phenoxy) is 1. The molecule has 31 heavy (non-hydrogen) atoms. The van der Waals surface area contributed by atoms with E-state index in [1.165, 1.54) is 11.8 Å². The first kappa shape index (κ1) is 25.7. The third-order valence-corrected chi connectivity index (χ3v) is 6.17. The molecule has 2 aromatic rings. The number of nitrogens with zero attached hydrogens (tertiary/aromatic N) is 3. The number of aromatic nitrogens is 2. The van der Waals surface area contributed by atoms with Crippen LogP contribution in [0.4, 0.5) is 0 Å². The van der Waals surface area contributed by atoms with Crippen LogP contribution in [0, 0.1) is 0 Å². The molecule has 0 aliphatic carbocycles. The van der Waals surface area contributed by atoms with E-state index >= 15 is 0 Å². The molecule has 1 aromatic carbocycles. The van der Waals surface area contributed by atoms with Gasteiger partial charge in [0.2, 0.25) is 5.91 Å². The van der Waals surface area contributed by atoms with Crippen LogP contribution in [0.15, 0.2) is 28.2 Å². The zero-order chi connectivity index (χ0) is 23.3. The van der Waals surface area contributed by atoms with Crippen LogP contribution < -0.4 is 5.56 Å². The quantitative estimate of drug-likeness (QED) is 0.280. The molecule has 172 valence electrons. The van der Waals surface area contributed by atoms with Gasteiger partial charge in [-0.05, 0) is 73.1 Å². The van der Waals surface area contributed by atoms with Crippen LogP contribution in [0.5, 0.6) is 0 Å². The van der Waals surface area contributed by atoms with Gasteiger partial charge in [0.25, 0.3) is 5.56 Å². The fourth-order valence-electron chi connectivity index (χ4n) is 3.53. The summed E-state index contributed by atoms with van der Waals surface area (Å²) in [5.41, 5.74) is 0.414. The molecule has 1 heterocycles. The first-order valence-electron chi connectivity index (χ1n) is 10.8. The van der Waals surface area contributed by atoms with Crippen LogP contribution in [0.1, 0.15) is 54.9 Å². The van der Waals surface area contributed by atoms with E-state index < -0.39 is 0 Å². The number of hydrogen-bond donors (Lipinski definition) is 0. The first-order chi connectivity index (χ1) is 14.5. The molecule has 2 rings (SSSR count). The molecule has 1 amide bonds. The van der Waals surface area contributed by atoms with Crippen molar-refractivity contribution in [3.63, 3.8) is 0 Å². The number of thioether (sulfide) groups is 1. The van der Waals surface area contributed by atoms with Gasteiger partial charge in [0.1, 0.15) is 0 Å². The maximum Gasteiger partial charge on any atom is 0.262 e. The fourth-order valence-corrected chi connectivity index (χ4v) is 4.68. The van der Waals surface area contributed by atoms with Crippen molar-refractivity contribution in [1.82, 2.24) is 14.5 Å². The molecular formula is C23H34ClN3O3S. The van der Waals surface area contributed by atoms with Crippen molar-refractivity contribution >= 4 is 40.2 Å². The van der Waals surface area contributed by atoms with E-state index in [1.54, 1.807) is 22.8 Å². The molecule has 1 aromatic heterocycles. The molecule has 8 heteroatoms. The Balaban J connectivity index is 2.39. The average molecular weight is 468 g/mol. The summed E-state index contributed by atoms with van der Waals surface area (Å²) in [6.45, 7) is 14.9. The van der Waals surface area contributed by atoms with Gasteiger partial charge in [-0.25, -0.2) is 4.98 Å². The number of carbonyl (C=O) groups is 1. The first-order valence-corrected chi connectivity index (χ1v) is 12.1. The van der Waals surface area contributed by atoms with Gasteiger partial charge in [0.05, 0.1) is 22.3 Å². The van der Waals surface area contributed by atoms with Gasteiger partial charge in [-0.2, -0.15) is 0 Å². The molecule has 6 nitrogen and oxygen atoms in total. The van der Waals surface area contributed by atoms with E-state index in [9.17, 15) is 9.59 Å². The number of carbonyl (C=O) groups excluding carboxylic acids is 1. The predicted octanol–water partition coefficient (Wildman–Crippen LogP) is 4.99. The lowest BCUT2D eigenvalue weighted by Crippen LogP contribution is -2.45. The second kappa shape index (κ2) is 11.3. The Morgan fingerprint density at radius 1 is 1.16 bits per heavy atom. The number of hydrogen-bond acceptors (Lipinski definition) is 5. The van der Waals surface area contributed by atoms with Gasteiger partial charge in [-0.15, -0.1) is 0 Å². The summed E-state index contributed by atoms with van der Waals surface area (Å²) in [4.78, 5) is 32.9. The minimum absolute atomic E-state index is 0.0325. The third-order valence-electron chi connectivity index (χ3n) is 4.86. The molecule has 0 aliphatic heterocycles. The van der Waals surface area contributed by atoms with E-state index in [0.29, 0.717) is 40.7 Å². The van der Waals surface area contributed by atoms with Crippen molar-refractivity contribution in [1.29, 1.82) is 0 Å². The van der Waals surface area contributed by atoms with Crippen molar-refractivity contribution in [2.45, 2.75) is 90.0 Å². The van der Waals surface area contributed by atoms with Crippen molar-refractivity contribution in [3.05, 3.63) is 33.6 Å². The molecule has 0 N–H and O–H groups in total. The Morgan fingerprint density at radius 3 is 2.39 bits per heavy atom. The molecule has 1 unspecified atom stereocenters. The Labute approximate surface area is 194 Å². The van der Waals surface area contributed by atoms with E-state index in [1.807, 2.05) is 53.4 Å². The maximum absolute atomic E-state index is 13.2. The summed E-state index contributed by atoms with van der Waals surface area (Å²) >= 11 is 7.45. The van der Waals surface area contributed by atoms with E-state index in [-0.39, 0.29) is 34.9 Å². The fraction of sp³-hybridized carbons (Fsp3) is 0.609. The van der Waals surface area contributed by atoms with E-state index in [2.05, 4.69) is 0 Å². The summed E-state index contributed by atoms with van der Waals surface area (Å²) < 4.78 is 7.29. The van der Waals surface area contributed by atoms with E-state index in [0.717, 1.165) is 0 Å². The van der Waals surface area contributed by atoms with Gasteiger partial charge in [-0.3, -0.25) is 14.2 Å². The monoisotopic (exact) mass is 467 g/mol. The molecular weight excluding hydrogens is 434 g/mol. The number of fused-ring (bicyclic) bond motifs is 1. The summed E-state index contributed by atoms with van der Waals surface area (Å²) in [6, 6.07) is 5.27. The number of amides is 1. The Bertz CT molecular complexity index is 951. The molecule has 0 spiro atoms. The largest absolute Gasteiger partial charge is 0.379 e. The Morgan fingerprint density at radius 2 is 1.81 bits per heavy atom. The molecule has 0 bridgehead atoms. The highest BCUT2D eigenvalue weighted by molar-refractivity contribution is 8.00. The highest BCUT2D eigenvalue weighted by Crippen LogP contribution is 2.26. The standard InChI is InChI=1S/C23H34ClN3O3S/c1-14(2)27(15(3)4)21(28)17(7)31-23-25-20-13-18(24)9-10-19(20)22(29)26(23)11-8-12-30-16(5)6/h9-10,13-17H,8,11-12H2,1-7H3. The van der Waals surface area contributed by atoms with Crippen LogP contribution >= 0.6 is 23.4 Å². The second-order valence-electron chi connectivity index (χ2n) is 8.48. The summed E-state index contributed by atoms with van der Waals surface area (Å²) in [5.74, 6) is 0.0325. The minimum atomic E-state index is -0.383. The maximum atomic E-state index is 13.2. The zero-order valence-corrected chi connectivity index (χ0v) is 21.1. The lowest BCUT2D eigenvalue weighted by molar-refractivity contribution is -0.133. The lowest BCUT2D eigenvalue weighted by atomic mass is 10.2. The Kier molecular flexibility index (Phi) is 9.40. The zero-order valence-electron chi connectivity index (χ0n) is 19.5. The van der Waals surface area contributed by atoms with Gasteiger partial charge in [0, 0.05) is 30.3 Å². The van der Waals surface area contributed by atoms with Crippen molar-refractivity contribution in [2.75, 3.05) is 6.61 Å². The molecule has 0 aliphatic rings. The Hall–Kier alpha value is -1.57. The summed E-state index contributed by atoms with van der Waals surface area (Å²) in [6.07, 6.45) is 0.817. The van der Waals surface area contributed by atoms with Gasteiger partial charge < -0.3 is 9.64 Å². The van der Waals surface area contributed by atoms with Gasteiger partial charge >= 0.3 is 0 Å². The number of rotatable bonds is 10. The third kappa shape index (κ3) is 6.70. The van der Waals surface area contributed by atoms with Crippen LogP contribution in [0.3, 0.4) is 0 Å². The number of halogens is 1. The second-order valence-corrected chi connectivity index (χ2v) is 10.2. The highest BCUT2D eigenvalue weighted by Gasteiger charge is 2.27. The van der Waals surface area contributed by atoms with Crippen LogP contribution in [-0.4, -0.2) is 50.4 Å². The summed E-state index contributed by atoms with van der Waals surface area (Å²) in [7, 11) is 0. The van der Waals surface area contributed by atoms with Crippen molar-refractivity contribution in [2.24, 2.45) is 0 Å². The molecule has 0 fully saturated rings. The number of benzene rings is 1. The average Bonchev–Trinajstić information content (AvgIpc) is 2.65. The summed E-state index contributed by atoms with van der Waals surface area (Å²) in [5, 5.41) is 1.18. The van der Waals surface area contributed by atoms with Crippen LogP contribution in [0.2, 0.25) is 5.02 Å². The van der Waals surface area contributed by atoms with Crippen molar-refractivity contribution < 1.29 is 9.53 Å². The van der Waals surface area contributed by atoms with Crippen LogP contribution in [-0.2, 0) is 16.1 Å². The SMILES string of the molecule is CC(C)OCCCn1c(SC(C)C(=O)N(C(C)C)C(C)C)nc2cc(Cl)ccc2c1=O. The van der Waals surface area contributed by atoms with Gasteiger partial charge in [-0.1, -0.05) is 23.4 Å².